The first-order valence-corrected chi connectivity index (χ1v) is 10.4. The smallest absolute Gasteiger partial charge is 0.257 e. The summed E-state index contributed by atoms with van der Waals surface area (Å²) in [6.07, 6.45) is 4.44. The van der Waals surface area contributed by atoms with Crippen molar-refractivity contribution >= 4 is 17.5 Å². The molecular weight excluding hydrogens is 366 g/mol. The molecule has 154 valence electrons. The number of nitrogens with one attached hydrogen (secondary N) is 1. The van der Waals surface area contributed by atoms with Gasteiger partial charge in [0.05, 0.1) is 23.9 Å². The molecule has 3 heterocycles. The molecule has 0 spiro atoms. The molecule has 1 aliphatic carbocycles. The minimum Gasteiger partial charge on any atom is -0.469 e. The van der Waals surface area contributed by atoms with E-state index < -0.39 is 0 Å². The van der Waals surface area contributed by atoms with E-state index in [2.05, 4.69) is 34.5 Å². The van der Waals surface area contributed by atoms with Crippen molar-refractivity contribution in [1.82, 2.24) is 10.2 Å². The number of aryl methyl sites for hydroxylation is 2. The van der Waals surface area contributed by atoms with Crippen LogP contribution in [0, 0.1) is 5.92 Å². The average Bonchev–Trinajstić information content (AvgIpc) is 3.44. The summed E-state index contributed by atoms with van der Waals surface area (Å²) in [6.45, 7) is 2.70. The molecule has 6 nitrogen and oxygen atoms in total. The van der Waals surface area contributed by atoms with E-state index in [0.717, 1.165) is 36.4 Å². The van der Waals surface area contributed by atoms with E-state index >= 15 is 0 Å². The fraction of sp³-hybridized carbons (Fsp3) is 0.478. The number of hydrogen-bond acceptors (Lipinski definition) is 4. The molecule has 3 unspecified atom stereocenters. The highest BCUT2D eigenvalue weighted by Crippen LogP contribution is 2.42. The first kappa shape index (κ1) is 19.6. The van der Waals surface area contributed by atoms with Gasteiger partial charge in [-0.3, -0.25) is 9.59 Å². The zero-order chi connectivity index (χ0) is 20.5. The number of benzene rings is 1. The van der Waals surface area contributed by atoms with Crippen molar-refractivity contribution in [2.45, 2.75) is 44.7 Å². The SMILES string of the molecule is CCc1occc1C(=O)N1CC2CC1C2NC(=O)CCc1ccc(N(C)C)cc1. The highest BCUT2D eigenvalue weighted by atomic mass is 16.3. The molecule has 6 heteroatoms. The van der Waals surface area contributed by atoms with E-state index in [4.69, 9.17) is 4.42 Å². The fourth-order valence-electron chi connectivity index (χ4n) is 4.50. The van der Waals surface area contributed by atoms with Crippen LogP contribution in [0.25, 0.3) is 0 Å². The number of amides is 2. The highest BCUT2D eigenvalue weighted by molar-refractivity contribution is 5.96. The summed E-state index contributed by atoms with van der Waals surface area (Å²) >= 11 is 0. The molecule has 5 rings (SSSR count). The van der Waals surface area contributed by atoms with Gasteiger partial charge in [-0.15, -0.1) is 0 Å². The van der Waals surface area contributed by atoms with Crippen molar-refractivity contribution in [1.29, 1.82) is 0 Å². The lowest BCUT2D eigenvalue weighted by Crippen LogP contribution is -2.55. The zero-order valence-electron chi connectivity index (χ0n) is 17.4. The summed E-state index contributed by atoms with van der Waals surface area (Å²) in [5.41, 5.74) is 2.97. The summed E-state index contributed by atoms with van der Waals surface area (Å²) in [4.78, 5) is 29.3. The van der Waals surface area contributed by atoms with E-state index in [-0.39, 0.29) is 23.9 Å². The van der Waals surface area contributed by atoms with Crippen LogP contribution in [-0.4, -0.2) is 49.4 Å². The molecule has 29 heavy (non-hydrogen) atoms. The molecule has 2 aromatic rings. The normalized spacial score (nSPS) is 22.3. The molecule has 2 bridgehead atoms. The second-order valence-electron chi connectivity index (χ2n) is 8.29. The molecule has 3 aliphatic rings. The minimum atomic E-state index is 0.0285. The van der Waals surface area contributed by atoms with Gasteiger partial charge in [0.25, 0.3) is 5.91 Å². The largest absolute Gasteiger partial charge is 0.469 e. The van der Waals surface area contributed by atoms with Gasteiger partial charge < -0.3 is 19.5 Å². The molecule has 1 aromatic heterocycles. The Kier molecular flexibility index (Phi) is 5.35. The van der Waals surface area contributed by atoms with Crippen LogP contribution in [0.4, 0.5) is 5.69 Å². The molecule has 0 radical (unpaired) electrons. The number of hydrogen-bond donors (Lipinski definition) is 1. The van der Waals surface area contributed by atoms with Crippen LogP contribution in [0.2, 0.25) is 0 Å². The van der Waals surface area contributed by atoms with Crippen molar-refractivity contribution in [3.05, 3.63) is 53.5 Å². The Labute approximate surface area is 171 Å². The van der Waals surface area contributed by atoms with E-state index in [1.807, 2.05) is 25.9 Å². The molecule has 3 atom stereocenters. The summed E-state index contributed by atoms with van der Waals surface area (Å²) in [5.74, 6) is 1.19. The van der Waals surface area contributed by atoms with Crippen molar-refractivity contribution in [3.63, 3.8) is 0 Å². The van der Waals surface area contributed by atoms with Crippen LogP contribution in [0.1, 0.15) is 41.4 Å². The number of nitrogens with zero attached hydrogens (tertiary/aromatic N) is 2. The Morgan fingerprint density at radius 3 is 2.66 bits per heavy atom. The number of carbonyl (C=O) groups excluding carboxylic acids is 2. The Morgan fingerprint density at radius 1 is 1.21 bits per heavy atom. The van der Waals surface area contributed by atoms with Gasteiger partial charge in [-0.05, 0) is 36.6 Å². The maximum Gasteiger partial charge on any atom is 0.257 e. The molecule has 1 saturated carbocycles. The van der Waals surface area contributed by atoms with Crippen LogP contribution >= 0.6 is 0 Å². The molecule has 2 aliphatic heterocycles. The van der Waals surface area contributed by atoms with Crippen LogP contribution < -0.4 is 10.2 Å². The van der Waals surface area contributed by atoms with Crippen LogP contribution in [0.3, 0.4) is 0 Å². The second-order valence-corrected chi connectivity index (χ2v) is 8.29. The maximum atomic E-state index is 12.9. The third kappa shape index (κ3) is 3.76. The predicted molar refractivity (Wildman–Crippen MR) is 112 cm³/mol. The lowest BCUT2D eigenvalue weighted by molar-refractivity contribution is -0.122. The van der Waals surface area contributed by atoms with E-state index in [1.165, 1.54) is 0 Å². The number of furan rings is 1. The maximum absolute atomic E-state index is 12.9. The summed E-state index contributed by atoms with van der Waals surface area (Å²) in [5, 5.41) is 3.17. The van der Waals surface area contributed by atoms with E-state index in [9.17, 15) is 9.59 Å². The van der Waals surface area contributed by atoms with Crippen molar-refractivity contribution in [2.75, 3.05) is 25.5 Å². The van der Waals surface area contributed by atoms with Gasteiger partial charge in [0, 0.05) is 45.1 Å². The third-order valence-electron chi connectivity index (χ3n) is 6.28. The Balaban J connectivity index is 1.29. The summed E-state index contributed by atoms with van der Waals surface area (Å²) in [6, 6.07) is 10.2. The van der Waals surface area contributed by atoms with Gasteiger partial charge >= 0.3 is 0 Å². The van der Waals surface area contributed by atoms with Crippen molar-refractivity contribution in [2.24, 2.45) is 5.92 Å². The Morgan fingerprint density at radius 2 is 1.97 bits per heavy atom. The Hall–Kier alpha value is -2.76. The monoisotopic (exact) mass is 395 g/mol. The fourth-order valence-corrected chi connectivity index (χ4v) is 4.50. The third-order valence-corrected chi connectivity index (χ3v) is 6.28. The number of rotatable bonds is 7. The minimum absolute atomic E-state index is 0.0285. The predicted octanol–water partition coefficient (Wildman–Crippen LogP) is 2.87. The van der Waals surface area contributed by atoms with Gasteiger partial charge in [0.1, 0.15) is 5.76 Å². The Bertz CT molecular complexity index is 887. The quantitative estimate of drug-likeness (QED) is 0.783. The number of anilines is 1. The highest BCUT2D eigenvalue weighted by Gasteiger charge is 2.54. The lowest BCUT2D eigenvalue weighted by Gasteiger charge is -2.37. The van der Waals surface area contributed by atoms with Crippen LogP contribution in [0.5, 0.6) is 0 Å². The van der Waals surface area contributed by atoms with Gasteiger partial charge in [-0.2, -0.15) is 0 Å². The lowest BCUT2D eigenvalue weighted by atomic mass is 9.80. The van der Waals surface area contributed by atoms with Crippen molar-refractivity contribution < 1.29 is 14.0 Å². The van der Waals surface area contributed by atoms with Crippen LogP contribution in [-0.2, 0) is 17.6 Å². The molecule has 2 amide bonds. The average molecular weight is 396 g/mol. The standard InChI is InChI=1S/C23H29N3O3/c1-4-20-18(11-12-29-20)23(28)26-14-16-13-19(26)22(16)24-21(27)10-7-15-5-8-17(9-6-15)25(2)3/h5-6,8-9,11-12,16,19,22H,4,7,10,13-14H2,1-3H3,(H,24,27). The summed E-state index contributed by atoms with van der Waals surface area (Å²) < 4.78 is 5.41. The topological polar surface area (TPSA) is 65.8 Å². The van der Waals surface area contributed by atoms with Gasteiger partial charge in [0.2, 0.25) is 5.91 Å². The molecule has 1 N–H and O–H groups in total. The van der Waals surface area contributed by atoms with E-state index in [1.54, 1.807) is 12.3 Å². The first-order chi connectivity index (χ1) is 14.0. The first-order valence-electron chi connectivity index (χ1n) is 10.4. The molecule has 3 fully saturated rings. The van der Waals surface area contributed by atoms with Crippen LogP contribution in [0.15, 0.2) is 41.0 Å². The van der Waals surface area contributed by atoms with E-state index in [0.29, 0.717) is 24.3 Å². The molecule has 1 aromatic carbocycles. The van der Waals surface area contributed by atoms with Crippen molar-refractivity contribution in [3.8, 4) is 0 Å². The molecule has 2 saturated heterocycles. The van der Waals surface area contributed by atoms with Gasteiger partial charge in [-0.1, -0.05) is 19.1 Å². The second kappa shape index (κ2) is 7.93. The van der Waals surface area contributed by atoms with Gasteiger partial charge in [-0.25, -0.2) is 0 Å². The summed E-state index contributed by atoms with van der Waals surface area (Å²) in [7, 11) is 4.03. The number of carbonyl (C=O) groups is 2. The zero-order valence-corrected chi connectivity index (χ0v) is 17.4. The number of fused-ring (bicyclic) bond motifs is 1. The van der Waals surface area contributed by atoms with Gasteiger partial charge in [0.15, 0.2) is 0 Å². The molecular formula is C23H29N3O3.